The van der Waals surface area contributed by atoms with Crippen LogP contribution in [0.25, 0.3) is 0 Å². The molecule has 2 N–H and O–H groups in total. The Morgan fingerprint density at radius 1 is 1.08 bits per heavy atom. The monoisotopic (exact) mass is 339 g/mol. The van der Waals surface area contributed by atoms with Gasteiger partial charge in [-0.3, -0.25) is 0 Å². The third-order valence-electron chi connectivity index (χ3n) is 3.58. The highest BCUT2D eigenvalue weighted by Gasteiger charge is 2.08. The van der Waals surface area contributed by atoms with Crippen LogP contribution in [0, 0.1) is 0 Å². The lowest BCUT2D eigenvalue weighted by Gasteiger charge is -2.03. The van der Waals surface area contributed by atoms with E-state index in [4.69, 9.17) is 4.42 Å². The molecule has 0 amide bonds. The number of esters is 1. The fourth-order valence-corrected chi connectivity index (χ4v) is 2.24. The smallest absolute Gasteiger partial charge is 0.337 e. The number of anilines is 1. The summed E-state index contributed by atoms with van der Waals surface area (Å²) < 4.78 is 10.2. The van der Waals surface area contributed by atoms with Gasteiger partial charge in [-0.2, -0.15) is 0 Å². The van der Waals surface area contributed by atoms with Crippen LogP contribution in [0.4, 0.5) is 6.01 Å². The van der Waals surface area contributed by atoms with Crippen LogP contribution in [0.15, 0.2) is 52.9 Å². The summed E-state index contributed by atoms with van der Waals surface area (Å²) in [6.45, 7) is 0.488. The Bertz CT molecular complexity index is 842. The van der Waals surface area contributed by atoms with Crippen molar-refractivity contribution in [3.8, 4) is 5.75 Å². The molecule has 0 unspecified atom stereocenters. The summed E-state index contributed by atoms with van der Waals surface area (Å²) in [5, 5.41) is 20.3. The van der Waals surface area contributed by atoms with Crippen molar-refractivity contribution in [2.75, 3.05) is 12.4 Å². The number of rotatable bonds is 6. The predicted molar refractivity (Wildman–Crippen MR) is 90.3 cm³/mol. The number of nitrogens with zero attached hydrogens (tertiary/aromatic N) is 2. The van der Waals surface area contributed by atoms with Crippen molar-refractivity contribution >= 4 is 12.0 Å². The normalized spacial score (nSPS) is 10.4. The minimum absolute atomic E-state index is 0.217. The fraction of sp³-hybridized carbons (Fsp3) is 0.167. The Labute approximate surface area is 144 Å². The van der Waals surface area contributed by atoms with Crippen LogP contribution in [-0.2, 0) is 17.7 Å². The SMILES string of the molecule is COC(=O)c1ccc(CNc2nnc(Cc3ccc(O)cc3)o2)cc1. The number of hydrogen-bond acceptors (Lipinski definition) is 7. The van der Waals surface area contributed by atoms with Crippen LogP contribution in [0.2, 0.25) is 0 Å². The van der Waals surface area contributed by atoms with E-state index in [-0.39, 0.29) is 11.7 Å². The number of hydrogen-bond donors (Lipinski definition) is 2. The van der Waals surface area contributed by atoms with Gasteiger partial charge in [0.25, 0.3) is 0 Å². The molecule has 0 bridgehead atoms. The first kappa shape index (κ1) is 16.5. The van der Waals surface area contributed by atoms with E-state index < -0.39 is 0 Å². The van der Waals surface area contributed by atoms with Gasteiger partial charge in [0, 0.05) is 6.54 Å². The molecule has 0 aliphatic heterocycles. The first-order valence-electron chi connectivity index (χ1n) is 7.65. The maximum Gasteiger partial charge on any atom is 0.337 e. The third-order valence-corrected chi connectivity index (χ3v) is 3.58. The molecule has 0 spiro atoms. The lowest BCUT2D eigenvalue weighted by Crippen LogP contribution is -2.03. The van der Waals surface area contributed by atoms with E-state index in [0.29, 0.717) is 30.4 Å². The molecule has 0 saturated carbocycles. The Hall–Kier alpha value is -3.35. The molecule has 7 heteroatoms. The first-order valence-corrected chi connectivity index (χ1v) is 7.65. The summed E-state index contributed by atoms with van der Waals surface area (Å²) in [5.41, 5.74) is 2.43. The van der Waals surface area contributed by atoms with Crippen LogP contribution in [0.1, 0.15) is 27.4 Å². The zero-order chi connectivity index (χ0) is 17.6. The summed E-state index contributed by atoms with van der Waals surface area (Å²) in [5.74, 6) is 0.333. The second-order valence-electron chi connectivity index (χ2n) is 5.39. The molecule has 2 aromatic carbocycles. The number of aromatic hydroxyl groups is 1. The molecule has 1 heterocycles. The van der Waals surface area contributed by atoms with Gasteiger partial charge in [0.2, 0.25) is 5.89 Å². The summed E-state index contributed by atoms with van der Waals surface area (Å²) in [7, 11) is 1.35. The second kappa shape index (κ2) is 7.48. The molecular weight excluding hydrogens is 322 g/mol. The van der Waals surface area contributed by atoms with Crippen molar-refractivity contribution < 1.29 is 19.1 Å². The number of phenols is 1. The lowest BCUT2D eigenvalue weighted by atomic mass is 10.1. The molecule has 25 heavy (non-hydrogen) atoms. The number of phenolic OH excluding ortho intramolecular Hbond substituents is 1. The molecule has 0 radical (unpaired) electrons. The van der Waals surface area contributed by atoms with Crippen molar-refractivity contribution in [1.29, 1.82) is 0 Å². The van der Waals surface area contributed by atoms with E-state index in [9.17, 15) is 9.90 Å². The molecule has 0 fully saturated rings. The van der Waals surface area contributed by atoms with Crippen molar-refractivity contribution in [2.45, 2.75) is 13.0 Å². The predicted octanol–water partition coefficient (Wildman–Crippen LogP) is 2.76. The van der Waals surface area contributed by atoms with Gasteiger partial charge in [-0.15, -0.1) is 5.10 Å². The standard InChI is InChI=1S/C18H17N3O4/c1-24-17(23)14-6-2-13(3-7-14)11-19-18-21-20-16(25-18)10-12-4-8-15(22)9-5-12/h2-9,22H,10-11H2,1H3,(H,19,21). The molecule has 7 nitrogen and oxygen atoms in total. The van der Waals surface area contributed by atoms with Crippen LogP contribution in [-0.4, -0.2) is 28.4 Å². The molecule has 0 saturated heterocycles. The third kappa shape index (κ3) is 4.35. The highest BCUT2D eigenvalue weighted by Crippen LogP contribution is 2.15. The zero-order valence-electron chi connectivity index (χ0n) is 13.6. The number of carbonyl (C=O) groups is 1. The van der Waals surface area contributed by atoms with E-state index in [1.165, 1.54) is 7.11 Å². The Morgan fingerprint density at radius 3 is 2.44 bits per heavy atom. The van der Waals surface area contributed by atoms with Crippen LogP contribution in [0.5, 0.6) is 5.75 Å². The summed E-state index contributed by atoms with van der Waals surface area (Å²) in [6.07, 6.45) is 0.489. The van der Waals surface area contributed by atoms with E-state index >= 15 is 0 Å². The van der Waals surface area contributed by atoms with Crippen molar-refractivity contribution in [3.05, 3.63) is 71.1 Å². The number of carbonyl (C=O) groups excluding carboxylic acids is 1. The molecule has 0 aliphatic carbocycles. The van der Waals surface area contributed by atoms with Gasteiger partial charge in [0.15, 0.2) is 0 Å². The summed E-state index contributed by atoms with van der Waals surface area (Å²) >= 11 is 0. The molecule has 3 rings (SSSR count). The van der Waals surface area contributed by atoms with E-state index in [1.807, 2.05) is 12.1 Å². The van der Waals surface area contributed by atoms with E-state index in [2.05, 4.69) is 20.3 Å². The maximum atomic E-state index is 11.4. The molecular formula is C18H17N3O4. The van der Waals surface area contributed by atoms with Crippen LogP contribution in [0.3, 0.4) is 0 Å². The highest BCUT2D eigenvalue weighted by molar-refractivity contribution is 5.89. The Balaban J connectivity index is 1.56. The number of benzene rings is 2. The zero-order valence-corrected chi connectivity index (χ0v) is 13.6. The average molecular weight is 339 g/mol. The second-order valence-corrected chi connectivity index (χ2v) is 5.39. The van der Waals surface area contributed by atoms with Crippen LogP contribution >= 0.6 is 0 Å². The lowest BCUT2D eigenvalue weighted by molar-refractivity contribution is 0.0600. The number of ether oxygens (including phenoxy) is 1. The molecule has 0 aliphatic rings. The molecule has 1 aromatic heterocycles. The fourth-order valence-electron chi connectivity index (χ4n) is 2.24. The van der Waals surface area contributed by atoms with Gasteiger partial charge in [-0.05, 0) is 35.4 Å². The average Bonchev–Trinajstić information content (AvgIpc) is 3.09. The molecule has 128 valence electrons. The number of methoxy groups -OCH3 is 1. The van der Waals surface area contributed by atoms with Crippen molar-refractivity contribution in [3.63, 3.8) is 0 Å². The van der Waals surface area contributed by atoms with Gasteiger partial charge in [-0.1, -0.05) is 29.4 Å². The number of nitrogens with one attached hydrogen (secondary N) is 1. The van der Waals surface area contributed by atoms with Gasteiger partial charge in [0.05, 0.1) is 19.1 Å². The topological polar surface area (TPSA) is 97.5 Å². The van der Waals surface area contributed by atoms with Crippen molar-refractivity contribution in [1.82, 2.24) is 10.2 Å². The Kier molecular flexibility index (Phi) is 4.94. The van der Waals surface area contributed by atoms with Crippen LogP contribution < -0.4 is 5.32 Å². The van der Waals surface area contributed by atoms with E-state index in [1.54, 1.807) is 36.4 Å². The van der Waals surface area contributed by atoms with Gasteiger partial charge < -0.3 is 19.6 Å². The molecule has 3 aromatic rings. The minimum atomic E-state index is -0.365. The summed E-state index contributed by atoms with van der Waals surface area (Å²) in [4.78, 5) is 11.4. The van der Waals surface area contributed by atoms with E-state index in [0.717, 1.165) is 11.1 Å². The highest BCUT2D eigenvalue weighted by atomic mass is 16.5. The van der Waals surface area contributed by atoms with Gasteiger partial charge in [-0.25, -0.2) is 4.79 Å². The molecule has 0 atom stereocenters. The number of aromatic nitrogens is 2. The quantitative estimate of drug-likeness (QED) is 0.666. The largest absolute Gasteiger partial charge is 0.508 e. The maximum absolute atomic E-state index is 11.4. The van der Waals surface area contributed by atoms with Gasteiger partial charge >= 0.3 is 12.0 Å². The summed E-state index contributed by atoms with van der Waals surface area (Å²) in [6, 6.07) is 14.2. The minimum Gasteiger partial charge on any atom is -0.508 e. The van der Waals surface area contributed by atoms with Gasteiger partial charge in [0.1, 0.15) is 5.75 Å². The first-order chi connectivity index (χ1) is 12.1. The van der Waals surface area contributed by atoms with Crippen molar-refractivity contribution in [2.24, 2.45) is 0 Å². The Morgan fingerprint density at radius 2 is 1.76 bits per heavy atom.